The highest BCUT2D eigenvalue weighted by atomic mass is 35.6. The van der Waals surface area contributed by atoms with Gasteiger partial charge in [0.05, 0.1) is 7.11 Å². The second-order valence-electron chi connectivity index (χ2n) is 5.26. The number of hydrogen-bond donors (Lipinski definition) is 2. The first kappa shape index (κ1) is 23.3. The molecule has 0 saturated carbocycles. The number of carbonyl (C=O) groups excluding carboxylic acids is 3. The van der Waals surface area contributed by atoms with Crippen LogP contribution in [-0.4, -0.2) is 52.8 Å². The van der Waals surface area contributed by atoms with Crippen molar-refractivity contribution < 1.29 is 33.7 Å². The van der Waals surface area contributed by atoms with Gasteiger partial charge < -0.3 is 24.6 Å². The maximum absolute atomic E-state index is 11.9. The number of rotatable bonds is 8. The van der Waals surface area contributed by atoms with Gasteiger partial charge in [-0.25, -0.2) is 14.4 Å². The van der Waals surface area contributed by atoms with Crippen LogP contribution in [0.3, 0.4) is 0 Å². The lowest BCUT2D eigenvalue weighted by Gasteiger charge is -2.19. The second kappa shape index (κ2) is 11.2. The number of esters is 2. The van der Waals surface area contributed by atoms with E-state index < -0.39 is 47.0 Å². The van der Waals surface area contributed by atoms with Crippen molar-refractivity contribution in [3.8, 4) is 0 Å². The molecular formula is C16H18Cl3NO7. The molecular weight excluding hydrogens is 425 g/mol. The highest BCUT2D eigenvalue weighted by Gasteiger charge is 2.30. The van der Waals surface area contributed by atoms with Crippen LogP contribution < -0.4 is 5.32 Å². The molecule has 1 aromatic rings. The van der Waals surface area contributed by atoms with Crippen molar-refractivity contribution in [1.29, 1.82) is 0 Å². The van der Waals surface area contributed by atoms with Crippen LogP contribution in [0.25, 0.3) is 0 Å². The third-order valence-corrected chi connectivity index (χ3v) is 3.43. The minimum Gasteiger partial charge on any atom is -0.467 e. The average Bonchev–Trinajstić information content (AvgIpc) is 2.63. The van der Waals surface area contributed by atoms with Crippen molar-refractivity contribution in [2.75, 3.05) is 13.7 Å². The summed E-state index contributed by atoms with van der Waals surface area (Å²) >= 11 is 16.3. The molecule has 1 amide bonds. The minimum atomic E-state index is -1.83. The molecule has 0 aliphatic rings. The Kier molecular flexibility index (Phi) is 9.65. The fourth-order valence-corrected chi connectivity index (χ4v) is 2.00. The number of aliphatic hydroxyl groups excluding tert-OH is 1. The minimum absolute atomic E-state index is 0.0572. The van der Waals surface area contributed by atoms with Gasteiger partial charge in [0.25, 0.3) is 0 Å². The lowest BCUT2D eigenvalue weighted by Crippen LogP contribution is -2.45. The SMILES string of the molecule is COC(=O)[C@@H](C[C@@H](O)C(=O)OCc1ccccc1)NC(=O)OCC(Cl)(Cl)Cl. The summed E-state index contributed by atoms with van der Waals surface area (Å²) in [5.41, 5.74) is 0.718. The normalized spacial score (nSPS) is 13.2. The molecule has 0 aromatic heterocycles. The average molecular weight is 443 g/mol. The van der Waals surface area contributed by atoms with E-state index in [-0.39, 0.29) is 6.61 Å². The molecule has 27 heavy (non-hydrogen) atoms. The van der Waals surface area contributed by atoms with Crippen molar-refractivity contribution >= 4 is 52.8 Å². The number of amides is 1. The summed E-state index contributed by atoms with van der Waals surface area (Å²) in [6, 6.07) is 7.42. The molecule has 0 heterocycles. The summed E-state index contributed by atoms with van der Waals surface area (Å²) in [7, 11) is 1.07. The van der Waals surface area contributed by atoms with Crippen LogP contribution in [0, 0.1) is 0 Å². The van der Waals surface area contributed by atoms with E-state index >= 15 is 0 Å². The van der Waals surface area contributed by atoms with E-state index in [0.29, 0.717) is 0 Å². The first-order valence-electron chi connectivity index (χ1n) is 7.59. The zero-order valence-electron chi connectivity index (χ0n) is 14.2. The first-order valence-corrected chi connectivity index (χ1v) is 8.72. The topological polar surface area (TPSA) is 111 Å². The lowest BCUT2D eigenvalue weighted by molar-refractivity contribution is -0.156. The van der Waals surface area contributed by atoms with Crippen molar-refractivity contribution in [3.63, 3.8) is 0 Å². The van der Waals surface area contributed by atoms with Gasteiger partial charge in [0, 0.05) is 6.42 Å². The molecule has 1 aromatic carbocycles. The van der Waals surface area contributed by atoms with E-state index in [1.807, 2.05) is 0 Å². The molecule has 11 heteroatoms. The third-order valence-electron chi connectivity index (χ3n) is 3.10. The molecule has 150 valence electrons. The summed E-state index contributed by atoms with van der Waals surface area (Å²) in [5, 5.41) is 12.1. The van der Waals surface area contributed by atoms with Crippen LogP contribution in [-0.2, 0) is 30.4 Å². The van der Waals surface area contributed by atoms with Gasteiger partial charge in [-0.05, 0) is 5.56 Å². The number of alkyl carbamates (subject to hydrolysis) is 1. The van der Waals surface area contributed by atoms with Gasteiger partial charge >= 0.3 is 18.0 Å². The van der Waals surface area contributed by atoms with E-state index in [4.69, 9.17) is 39.5 Å². The Morgan fingerprint density at radius 3 is 2.30 bits per heavy atom. The maximum Gasteiger partial charge on any atom is 0.407 e. The van der Waals surface area contributed by atoms with Crippen molar-refractivity contribution in [2.24, 2.45) is 0 Å². The first-order chi connectivity index (χ1) is 12.6. The predicted molar refractivity (Wildman–Crippen MR) is 97.4 cm³/mol. The molecule has 1 rings (SSSR count). The zero-order valence-corrected chi connectivity index (χ0v) is 16.5. The van der Waals surface area contributed by atoms with Crippen LogP contribution in [0.15, 0.2) is 30.3 Å². The van der Waals surface area contributed by atoms with Gasteiger partial charge in [0.15, 0.2) is 6.10 Å². The highest BCUT2D eigenvalue weighted by Crippen LogP contribution is 2.25. The number of aliphatic hydroxyl groups is 1. The van der Waals surface area contributed by atoms with Crippen molar-refractivity contribution in [3.05, 3.63) is 35.9 Å². The van der Waals surface area contributed by atoms with Gasteiger partial charge in [0.1, 0.15) is 19.3 Å². The summed E-state index contributed by atoms with van der Waals surface area (Å²) in [4.78, 5) is 35.3. The molecule has 0 spiro atoms. The Hall–Kier alpha value is -1.74. The fourth-order valence-electron chi connectivity index (χ4n) is 1.83. The van der Waals surface area contributed by atoms with E-state index in [1.165, 1.54) is 0 Å². The third kappa shape index (κ3) is 9.67. The number of carbonyl (C=O) groups is 3. The molecule has 0 bridgehead atoms. The molecule has 2 N–H and O–H groups in total. The number of methoxy groups -OCH3 is 1. The van der Waals surface area contributed by atoms with Crippen LogP contribution in [0.2, 0.25) is 0 Å². The Bertz CT molecular complexity index is 637. The molecule has 0 aliphatic carbocycles. The Balaban J connectivity index is 2.57. The quantitative estimate of drug-likeness (QED) is 0.360. The standard InChI is InChI=1S/C16H18Cl3NO7/c1-25-13(22)11(20-15(24)27-9-16(17,18)19)7-12(21)14(23)26-8-10-5-3-2-4-6-10/h2-6,11-12,21H,7-9H2,1H3,(H,20,24)/t11-,12-/m1/s1. The van der Waals surface area contributed by atoms with Gasteiger partial charge in [-0.15, -0.1) is 0 Å². The van der Waals surface area contributed by atoms with Crippen LogP contribution in [0.1, 0.15) is 12.0 Å². The van der Waals surface area contributed by atoms with Crippen LogP contribution in [0.4, 0.5) is 4.79 Å². The smallest absolute Gasteiger partial charge is 0.407 e. The number of benzene rings is 1. The zero-order chi connectivity index (χ0) is 20.4. The number of ether oxygens (including phenoxy) is 3. The van der Waals surface area contributed by atoms with E-state index in [9.17, 15) is 19.5 Å². The van der Waals surface area contributed by atoms with Crippen molar-refractivity contribution in [1.82, 2.24) is 5.32 Å². The molecule has 0 fully saturated rings. The molecule has 0 saturated heterocycles. The van der Waals surface area contributed by atoms with Gasteiger partial charge in [-0.2, -0.15) is 0 Å². The lowest BCUT2D eigenvalue weighted by atomic mass is 10.1. The summed E-state index contributed by atoms with van der Waals surface area (Å²) < 4.78 is 12.3. The van der Waals surface area contributed by atoms with E-state index in [2.05, 4.69) is 14.8 Å². The molecule has 2 atom stereocenters. The predicted octanol–water partition coefficient (Wildman–Crippen LogP) is 2.12. The number of alkyl halides is 3. The highest BCUT2D eigenvalue weighted by molar-refractivity contribution is 6.67. The second-order valence-corrected chi connectivity index (χ2v) is 7.77. The van der Waals surface area contributed by atoms with Gasteiger partial charge in [-0.1, -0.05) is 65.1 Å². The van der Waals surface area contributed by atoms with E-state index in [0.717, 1.165) is 12.7 Å². The van der Waals surface area contributed by atoms with E-state index in [1.54, 1.807) is 30.3 Å². The van der Waals surface area contributed by atoms with Crippen LogP contribution >= 0.6 is 34.8 Å². The monoisotopic (exact) mass is 441 g/mol. The molecule has 0 radical (unpaired) electrons. The summed E-state index contributed by atoms with van der Waals surface area (Å²) in [6.45, 7) is -0.628. The van der Waals surface area contributed by atoms with Gasteiger partial charge in [0.2, 0.25) is 3.79 Å². The number of hydrogen-bond acceptors (Lipinski definition) is 7. The largest absolute Gasteiger partial charge is 0.467 e. The summed E-state index contributed by atoms with van der Waals surface area (Å²) in [5.74, 6) is -1.88. The maximum atomic E-state index is 11.9. The van der Waals surface area contributed by atoms with Crippen LogP contribution in [0.5, 0.6) is 0 Å². The molecule has 0 aliphatic heterocycles. The summed E-state index contributed by atoms with van der Waals surface area (Å²) in [6.07, 6.45) is -3.28. The Morgan fingerprint density at radius 1 is 1.11 bits per heavy atom. The number of halogens is 3. The van der Waals surface area contributed by atoms with Crippen molar-refractivity contribution in [2.45, 2.75) is 29.0 Å². The number of nitrogens with one attached hydrogen (secondary N) is 1. The molecule has 0 unspecified atom stereocenters. The van der Waals surface area contributed by atoms with Gasteiger partial charge in [-0.3, -0.25) is 0 Å². The fraction of sp³-hybridized carbons (Fsp3) is 0.438. The Morgan fingerprint density at radius 2 is 1.74 bits per heavy atom. The Labute approximate surface area is 170 Å². The molecule has 8 nitrogen and oxygen atoms in total.